The van der Waals surface area contributed by atoms with Gasteiger partial charge in [0, 0.05) is 11.7 Å². The van der Waals surface area contributed by atoms with E-state index >= 15 is 0 Å². The third-order valence-corrected chi connectivity index (χ3v) is 5.74. The molecule has 1 aromatic carbocycles. The molecule has 1 fully saturated rings. The Morgan fingerprint density at radius 2 is 2.04 bits per heavy atom. The fraction of sp³-hybridized carbons (Fsp3) is 0.438. The van der Waals surface area contributed by atoms with Crippen LogP contribution in [-0.2, 0) is 9.84 Å². The summed E-state index contributed by atoms with van der Waals surface area (Å²) in [5.41, 5.74) is 2.11. The molecule has 2 heterocycles. The van der Waals surface area contributed by atoms with Crippen molar-refractivity contribution in [3.8, 4) is 0 Å². The lowest BCUT2D eigenvalue weighted by Gasteiger charge is -2.14. The van der Waals surface area contributed by atoms with Gasteiger partial charge in [-0.05, 0) is 24.0 Å². The highest BCUT2D eigenvalue weighted by Crippen LogP contribution is 2.26. The molecular formula is C16H21N5O2S. The van der Waals surface area contributed by atoms with Gasteiger partial charge in [0.15, 0.2) is 15.7 Å². The molecule has 1 unspecified atom stereocenters. The predicted molar refractivity (Wildman–Crippen MR) is 94.3 cm³/mol. The maximum atomic E-state index is 11.5. The van der Waals surface area contributed by atoms with Crippen LogP contribution in [0.4, 0.5) is 17.5 Å². The van der Waals surface area contributed by atoms with E-state index in [9.17, 15) is 8.42 Å². The highest BCUT2D eigenvalue weighted by atomic mass is 32.2. The summed E-state index contributed by atoms with van der Waals surface area (Å²) in [5.74, 6) is 1.63. The second-order valence-electron chi connectivity index (χ2n) is 6.28. The first-order chi connectivity index (χ1) is 11.4. The highest BCUT2D eigenvalue weighted by molar-refractivity contribution is 7.91. The molecule has 7 nitrogen and oxygen atoms in total. The fourth-order valence-electron chi connectivity index (χ4n) is 2.78. The number of rotatable bonds is 5. The minimum atomic E-state index is -2.93. The lowest BCUT2D eigenvalue weighted by atomic mass is 10.0. The van der Waals surface area contributed by atoms with Gasteiger partial charge in [-0.2, -0.15) is 10.1 Å². The molecule has 0 spiro atoms. The van der Waals surface area contributed by atoms with Crippen molar-refractivity contribution in [2.75, 3.05) is 22.1 Å². The van der Waals surface area contributed by atoms with Gasteiger partial charge in [-0.15, -0.1) is 5.10 Å². The molecule has 3 rings (SSSR count). The zero-order chi connectivity index (χ0) is 17.2. The van der Waals surface area contributed by atoms with Crippen molar-refractivity contribution in [2.45, 2.75) is 32.2 Å². The Labute approximate surface area is 141 Å². The van der Waals surface area contributed by atoms with Crippen LogP contribution in [0.3, 0.4) is 0 Å². The molecule has 2 aromatic rings. The molecule has 1 aliphatic rings. The molecule has 24 heavy (non-hydrogen) atoms. The van der Waals surface area contributed by atoms with E-state index in [0.717, 1.165) is 5.69 Å². The molecule has 1 saturated heterocycles. The van der Waals surface area contributed by atoms with Crippen molar-refractivity contribution in [3.05, 3.63) is 36.0 Å². The summed E-state index contributed by atoms with van der Waals surface area (Å²) in [6.45, 7) is 4.25. The summed E-state index contributed by atoms with van der Waals surface area (Å²) in [7, 11) is -2.93. The molecular weight excluding hydrogens is 326 g/mol. The largest absolute Gasteiger partial charge is 0.365 e. The van der Waals surface area contributed by atoms with E-state index in [4.69, 9.17) is 0 Å². The first-order valence-corrected chi connectivity index (χ1v) is 9.78. The molecule has 0 amide bonds. The van der Waals surface area contributed by atoms with Crippen molar-refractivity contribution in [1.29, 1.82) is 0 Å². The number of benzene rings is 1. The molecule has 2 N–H and O–H groups in total. The van der Waals surface area contributed by atoms with Gasteiger partial charge >= 0.3 is 0 Å². The van der Waals surface area contributed by atoms with Crippen LogP contribution in [-0.4, -0.2) is 41.1 Å². The summed E-state index contributed by atoms with van der Waals surface area (Å²) in [5, 5.41) is 14.3. The lowest BCUT2D eigenvalue weighted by molar-refractivity contribution is 0.602. The van der Waals surface area contributed by atoms with Gasteiger partial charge in [-0.3, -0.25) is 0 Å². The molecule has 0 saturated carbocycles. The summed E-state index contributed by atoms with van der Waals surface area (Å²) in [6, 6.07) is 7.86. The maximum absolute atomic E-state index is 11.5. The zero-order valence-electron chi connectivity index (χ0n) is 13.7. The average molecular weight is 347 g/mol. The summed E-state index contributed by atoms with van der Waals surface area (Å²) in [4.78, 5) is 4.39. The van der Waals surface area contributed by atoms with E-state index in [1.54, 1.807) is 0 Å². The van der Waals surface area contributed by atoms with E-state index in [2.05, 4.69) is 45.7 Å². The van der Waals surface area contributed by atoms with Crippen LogP contribution in [0.1, 0.15) is 31.7 Å². The average Bonchev–Trinajstić information content (AvgIpc) is 2.87. The number of hydrogen-bond acceptors (Lipinski definition) is 7. The third-order valence-electron chi connectivity index (χ3n) is 3.97. The number of sulfone groups is 1. The zero-order valence-corrected chi connectivity index (χ0v) is 14.5. The number of nitrogens with one attached hydrogen (secondary N) is 2. The SMILES string of the molecule is CC(C)c1ccccc1Nc1nncc(NC2CCS(=O)(=O)C2)n1. The Hall–Kier alpha value is -2.22. The van der Waals surface area contributed by atoms with Gasteiger partial charge in [0.05, 0.1) is 17.7 Å². The number of nitrogens with zero attached hydrogens (tertiary/aromatic N) is 3. The van der Waals surface area contributed by atoms with Gasteiger partial charge in [-0.1, -0.05) is 32.0 Å². The first kappa shape index (κ1) is 16.6. The Bertz CT molecular complexity index is 823. The van der Waals surface area contributed by atoms with Crippen molar-refractivity contribution < 1.29 is 8.42 Å². The number of anilines is 3. The van der Waals surface area contributed by atoms with Crippen LogP contribution >= 0.6 is 0 Å². The minimum Gasteiger partial charge on any atom is -0.365 e. The smallest absolute Gasteiger partial charge is 0.249 e. The quantitative estimate of drug-likeness (QED) is 0.857. The Kier molecular flexibility index (Phi) is 4.66. The molecule has 8 heteroatoms. The van der Waals surface area contributed by atoms with Crippen LogP contribution in [0, 0.1) is 0 Å². The third kappa shape index (κ3) is 4.00. The fourth-order valence-corrected chi connectivity index (χ4v) is 4.45. The Morgan fingerprint density at radius 1 is 1.25 bits per heavy atom. The van der Waals surface area contributed by atoms with Crippen LogP contribution in [0.5, 0.6) is 0 Å². The van der Waals surface area contributed by atoms with Crippen LogP contribution in [0.15, 0.2) is 30.5 Å². The van der Waals surface area contributed by atoms with Crippen molar-refractivity contribution in [2.24, 2.45) is 0 Å². The molecule has 1 aromatic heterocycles. The predicted octanol–water partition coefficient (Wildman–Crippen LogP) is 2.34. The van der Waals surface area contributed by atoms with E-state index in [-0.39, 0.29) is 17.5 Å². The van der Waals surface area contributed by atoms with E-state index in [1.165, 1.54) is 11.8 Å². The van der Waals surface area contributed by atoms with E-state index < -0.39 is 9.84 Å². The number of aromatic nitrogens is 3. The molecule has 1 atom stereocenters. The minimum absolute atomic E-state index is 0.123. The second kappa shape index (κ2) is 6.72. The maximum Gasteiger partial charge on any atom is 0.249 e. The van der Waals surface area contributed by atoms with Gasteiger partial charge < -0.3 is 10.6 Å². The van der Waals surface area contributed by atoms with Crippen LogP contribution in [0.2, 0.25) is 0 Å². The topological polar surface area (TPSA) is 96.9 Å². The standard InChI is InChI=1S/C16H21N5O2S/c1-11(2)13-5-3-4-6-14(13)19-16-20-15(9-17-21-16)18-12-7-8-24(22,23)10-12/h3-6,9,11-12H,7-8,10H2,1-2H3,(H2,18,19,20,21). The van der Waals surface area contributed by atoms with Crippen molar-refractivity contribution >= 4 is 27.3 Å². The molecule has 0 aliphatic carbocycles. The molecule has 0 bridgehead atoms. The second-order valence-corrected chi connectivity index (χ2v) is 8.51. The van der Waals surface area contributed by atoms with Crippen molar-refractivity contribution in [1.82, 2.24) is 15.2 Å². The summed E-state index contributed by atoms with van der Waals surface area (Å²) < 4.78 is 23.1. The Balaban J connectivity index is 1.74. The van der Waals surface area contributed by atoms with Crippen LogP contribution < -0.4 is 10.6 Å². The summed E-state index contributed by atoms with van der Waals surface area (Å²) >= 11 is 0. The summed E-state index contributed by atoms with van der Waals surface area (Å²) in [6.07, 6.45) is 2.09. The van der Waals surface area contributed by atoms with Crippen molar-refractivity contribution in [3.63, 3.8) is 0 Å². The van der Waals surface area contributed by atoms with Crippen LogP contribution in [0.25, 0.3) is 0 Å². The number of hydrogen-bond donors (Lipinski definition) is 2. The molecule has 0 radical (unpaired) electrons. The van der Waals surface area contributed by atoms with E-state index in [1.807, 2.05) is 18.2 Å². The first-order valence-electron chi connectivity index (χ1n) is 7.95. The Morgan fingerprint density at radius 3 is 2.75 bits per heavy atom. The lowest BCUT2D eigenvalue weighted by Crippen LogP contribution is -2.21. The van der Waals surface area contributed by atoms with Gasteiger partial charge in [0.1, 0.15) is 0 Å². The van der Waals surface area contributed by atoms with Gasteiger partial charge in [-0.25, -0.2) is 8.42 Å². The molecule has 128 valence electrons. The highest BCUT2D eigenvalue weighted by Gasteiger charge is 2.28. The monoisotopic (exact) mass is 347 g/mol. The van der Waals surface area contributed by atoms with E-state index in [0.29, 0.717) is 24.1 Å². The van der Waals surface area contributed by atoms with Gasteiger partial charge in [0.2, 0.25) is 5.95 Å². The number of para-hydroxylation sites is 1. The normalized spacial score (nSPS) is 19.4. The molecule has 1 aliphatic heterocycles. The van der Waals surface area contributed by atoms with Gasteiger partial charge in [0.25, 0.3) is 0 Å².